The van der Waals surface area contributed by atoms with Gasteiger partial charge in [0.2, 0.25) is 5.91 Å². The maximum absolute atomic E-state index is 12.8. The van der Waals surface area contributed by atoms with Gasteiger partial charge in [0, 0.05) is 12.2 Å². The van der Waals surface area contributed by atoms with E-state index in [1.807, 2.05) is 13.8 Å². The number of carbonyl (C=O) groups is 1. The van der Waals surface area contributed by atoms with E-state index in [-0.39, 0.29) is 18.3 Å². The van der Waals surface area contributed by atoms with Crippen molar-refractivity contribution < 1.29 is 9.18 Å². The highest BCUT2D eigenvalue weighted by Gasteiger charge is 2.04. The predicted molar refractivity (Wildman–Crippen MR) is 67.5 cm³/mol. The van der Waals surface area contributed by atoms with E-state index >= 15 is 0 Å². The van der Waals surface area contributed by atoms with E-state index in [4.69, 9.17) is 0 Å². The van der Waals surface area contributed by atoms with Crippen LogP contribution >= 0.6 is 0 Å². The van der Waals surface area contributed by atoms with Crippen molar-refractivity contribution in [1.29, 1.82) is 0 Å². The molecule has 0 saturated heterocycles. The van der Waals surface area contributed by atoms with Crippen molar-refractivity contribution in [1.82, 2.24) is 5.32 Å². The molecule has 0 bridgehead atoms. The monoisotopic (exact) mass is 238 g/mol. The smallest absolute Gasteiger partial charge is 0.239 e. The number of anilines is 1. The fourth-order valence-electron chi connectivity index (χ4n) is 1.38. The van der Waals surface area contributed by atoms with Crippen LogP contribution in [0.3, 0.4) is 0 Å². The number of hydrogen-bond acceptors (Lipinski definition) is 2. The molecule has 0 aliphatic heterocycles. The van der Waals surface area contributed by atoms with Gasteiger partial charge in [0.05, 0.1) is 6.54 Å². The highest BCUT2D eigenvalue weighted by atomic mass is 19.1. The summed E-state index contributed by atoms with van der Waals surface area (Å²) in [7, 11) is 0. The van der Waals surface area contributed by atoms with E-state index in [1.165, 1.54) is 12.1 Å². The highest BCUT2D eigenvalue weighted by molar-refractivity contribution is 5.80. The first-order valence-electron chi connectivity index (χ1n) is 5.75. The molecule has 1 amide bonds. The van der Waals surface area contributed by atoms with Gasteiger partial charge in [-0.3, -0.25) is 4.79 Å². The van der Waals surface area contributed by atoms with Crippen molar-refractivity contribution in [3.05, 3.63) is 29.6 Å². The molecule has 0 aliphatic rings. The Morgan fingerprint density at radius 2 is 2.12 bits per heavy atom. The molecule has 0 atom stereocenters. The molecule has 2 N–H and O–H groups in total. The van der Waals surface area contributed by atoms with Gasteiger partial charge >= 0.3 is 0 Å². The molecule has 1 aromatic carbocycles. The second kappa shape index (κ2) is 6.23. The third-order valence-electron chi connectivity index (χ3n) is 2.34. The van der Waals surface area contributed by atoms with Crippen LogP contribution in [0, 0.1) is 18.7 Å². The first-order valence-corrected chi connectivity index (χ1v) is 5.75. The molecule has 0 spiro atoms. The molecular weight excluding hydrogens is 219 g/mol. The summed E-state index contributed by atoms with van der Waals surface area (Å²) in [5, 5.41) is 5.79. The average Bonchev–Trinajstić information content (AvgIpc) is 2.25. The summed E-state index contributed by atoms with van der Waals surface area (Å²) in [6.45, 7) is 6.76. The maximum Gasteiger partial charge on any atom is 0.239 e. The largest absolute Gasteiger partial charge is 0.376 e. The minimum absolute atomic E-state index is 0.0533. The van der Waals surface area contributed by atoms with Crippen LogP contribution in [-0.4, -0.2) is 19.0 Å². The highest BCUT2D eigenvalue weighted by Crippen LogP contribution is 2.14. The van der Waals surface area contributed by atoms with Gasteiger partial charge in [0.1, 0.15) is 5.82 Å². The molecule has 0 saturated carbocycles. The van der Waals surface area contributed by atoms with Gasteiger partial charge in [-0.05, 0) is 36.6 Å². The number of hydrogen-bond donors (Lipinski definition) is 2. The van der Waals surface area contributed by atoms with Crippen molar-refractivity contribution in [2.45, 2.75) is 20.8 Å². The van der Waals surface area contributed by atoms with Crippen LogP contribution in [-0.2, 0) is 4.79 Å². The first-order chi connectivity index (χ1) is 7.99. The first kappa shape index (κ1) is 13.5. The fraction of sp³-hybridized carbons (Fsp3) is 0.462. The number of aryl methyl sites for hydroxylation is 1. The number of halogens is 1. The van der Waals surface area contributed by atoms with Crippen LogP contribution in [0.25, 0.3) is 0 Å². The van der Waals surface area contributed by atoms with E-state index < -0.39 is 0 Å². The number of benzene rings is 1. The average molecular weight is 238 g/mol. The summed E-state index contributed by atoms with van der Waals surface area (Å²) in [6, 6.07) is 4.45. The number of carbonyl (C=O) groups excluding carboxylic acids is 1. The van der Waals surface area contributed by atoms with E-state index in [2.05, 4.69) is 10.6 Å². The van der Waals surface area contributed by atoms with Gasteiger partial charge < -0.3 is 10.6 Å². The second-order valence-corrected chi connectivity index (χ2v) is 4.51. The summed E-state index contributed by atoms with van der Waals surface area (Å²) < 4.78 is 12.8. The second-order valence-electron chi connectivity index (χ2n) is 4.51. The Balaban J connectivity index is 2.42. The molecule has 0 heterocycles. The van der Waals surface area contributed by atoms with Gasteiger partial charge in [0.15, 0.2) is 0 Å². The molecule has 0 radical (unpaired) electrons. The Labute approximate surface area is 101 Å². The fourth-order valence-corrected chi connectivity index (χ4v) is 1.38. The van der Waals surface area contributed by atoms with Crippen LogP contribution in [0.1, 0.15) is 19.4 Å². The zero-order valence-corrected chi connectivity index (χ0v) is 10.5. The molecule has 0 unspecified atom stereocenters. The van der Waals surface area contributed by atoms with Crippen LogP contribution in [0.15, 0.2) is 18.2 Å². The Kier molecular flexibility index (Phi) is 4.94. The lowest BCUT2D eigenvalue weighted by atomic mass is 10.2. The number of nitrogens with one attached hydrogen (secondary N) is 2. The van der Waals surface area contributed by atoms with E-state index in [1.54, 1.807) is 13.0 Å². The Hall–Kier alpha value is -1.58. The third-order valence-corrected chi connectivity index (χ3v) is 2.34. The van der Waals surface area contributed by atoms with Crippen LogP contribution in [0.4, 0.5) is 10.1 Å². The van der Waals surface area contributed by atoms with Crippen LogP contribution in [0.5, 0.6) is 0 Å². The predicted octanol–water partition coefficient (Wildman–Crippen LogP) is 2.32. The van der Waals surface area contributed by atoms with Crippen LogP contribution < -0.4 is 10.6 Å². The topological polar surface area (TPSA) is 41.1 Å². The summed E-state index contributed by atoms with van der Waals surface area (Å²) in [5.74, 6) is 0.117. The summed E-state index contributed by atoms with van der Waals surface area (Å²) in [6.07, 6.45) is 0. The molecule has 0 aromatic heterocycles. The molecule has 94 valence electrons. The van der Waals surface area contributed by atoms with Crippen molar-refractivity contribution >= 4 is 11.6 Å². The summed E-state index contributed by atoms with van der Waals surface area (Å²) >= 11 is 0. The normalized spacial score (nSPS) is 10.4. The lowest BCUT2D eigenvalue weighted by Gasteiger charge is -2.11. The minimum Gasteiger partial charge on any atom is -0.376 e. The Bertz CT molecular complexity index is 391. The lowest BCUT2D eigenvalue weighted by molar-refractivity contribution is -0.119. The molecule has 1 rings (SSSR count). The number of amides is 1. The maximum atomic E-state index is 12.8. The Morgan fingerprint density at radius 1 is 1.41 bits per heavy atom. The molecule has 1 aromatic rings. The molecule has 3 nitrogen and oxygen atoms in total. The zero-order chi connectivity index (χ0) is 12.8. The van der Waals surface area contributed by atoms with Gasteiger partial charge in [-0.1, -0.05) is 13.8 Å². The standard InChI is InChI=1S/C13H19FN2O/c1-9(2)7-16-13(17)8-15-12-5-4-11(14)6-10(12)3/h4-6,9,15H,7-8H2,1-3H3,(H,16,17). The molecule has 0 fully saturated rings. The van der Waals surface area contributed by atoms with Gasteiger partial charge in [-0.15, -0.1) is 0 Å². The van der Waals surface area contributed by atoms with E-state index in [9.17, 15) is 9.18 Å². The van der Waals surface area contributed by atoms with Gasteiger partial charge in [-0.2, -0.15) is 0 Å². The lowest BCUT2D eigenvalue weighted by Crippen LogP contribution is -2.32. The summed E-state index contributed by atoms with van der Waals surface area (Å²) in [5.41, 5.74) is 1.58. The van der Waals surface area contributed by atoms with Crippen molar-refractivity contribution in [2.75, 3.05) is 18.4 Å². The van der Waals surface area contributed by atoms with Gasteiger partial charge in [0.25, 0.3) is 0 Å². The minimum atomic E-state index is -0.266. The van der Waals surface area contributed by atoms with Crippen molar-refractivity contribution in [3.63, 3.8) is 0 Å². The van der Waals surface area contributed by atoms with Crippen LogP contribution in [0.2, 0.25) is 0 Å². The van der Waals surface area contributed by atoms with E-state index in [0.717, 1.165) is 11.3 Å². The quantitative estimate of drug-likeness (QED) is 0.826. The molecular formula is C13H19FN2O. The van der Waals surface area contributed by atoms with Crippen molar-refractivity contribution in [2.24, 2.45) is 5.92 Å². The van der Waals surface area contributed by atoms with Gasteiger partial charge in [-0.25, -0.2) is 4.39 Å². The SMILES string of the molecule is Cc1cc(F)ccc1NCC(=O)NCC(C)C. The molecule has 17 heavy (non-hydrogen) atoms. The number of rotatable bonds is 5. The Morgan fingerprint density at radius 3 is 2.71 bits per heavy atom. The zero-order valence-electron chi connectivity index (χ0n) is 10.5. The third kappa shape index (κ3) is 4.85. The van der Waals surface area contributed by atoms with E-state index in [0.29, 0.717) is 12.5 Å². The molecule has 4 heteroatoms. The van der Waals surface area contributed by atoms with Crippen molar-refractivity contribution in [3.8, 4) is 0 Å². The summed E-state index contributed by atoms with van der Waals surface area (Å²) in [4.78, 5) is 11.5. The molecule has 0 aliphatic carbocycles.